The summed E-state index contributed by atoms with van der Waals surface area (Å²) in [5.74, 6) is 0.351. The van der Waals surface area contributed by atoms with Gasteiger partial charge in [0, 0.05) is 18.0 Å². The Kier molecular flexibility index (Phi) is 3.59. The number of carbonyl (C=O) groups excluding carboxylic acids is 1. The molecule has 1 fully saturated rings. The van der Waals surface area contributed by atoms with E-state index in [-0.39, 0.29) is 5.97 Å². The third kappa shape index (κ3) is 2.06. The van der Waals surface area contributed by atoms with E-state index in [4.69, 9.17) is 4.74 Å². The zero-order chi connectivity index (χ0) is 14.3. The average molecular weight is 336 g/mol. The smallest absolute Gasteiger partial charge is 0.337 e. The number of halogens is 1. The molecule has 3 nitrogen and oxygen atoms in total. The lowest BCUT2D eigenvalue weighted by Crippen LogP contribution is -2.01. The van der Waals surface area contributed by atoms with E-state index >= 15 is 0 Å². The highest BCUT2D eigenvalue weighted by Crippen LogP contribution is 2.42. The van der Waals surface area contributed by atoms with Crippen molar-refractivity contribution in [1.82, 2.24) is 4.57 Å². The van der Waals surface area contributed by atoms with Crippen LogP contribution < -0.4 is 0 Å². The van der Waals surface area contributed by atoms with Crippen LogP contribution in [0.5, 0.6) is 0 Å². The number of benzene rings is 1. The Balaban J connectivity index is 2.17. The summed E-state index contributed by atoms with van der Waals surface area (Å²) in [7, 11) is 3.45. The first kappa shape index (κ1) is 13.7. The van der Waals surface area contributed by atoms with Crippen LogP contribution in [0.1, 0.15) is 47.5 Å². The quantitative estimate of drug-likeness (QED) is 0.762. The van der Waals surface area contributed by atoms with Crippen molar-refractivity contribution in [1.29, 1.82) is 0 Å². The average Bonchev–Trinajstić information content (AvgIpc) is 3.06. The molecule has 2 aromatic rings. The SMILES string of the molecule is COC(=O)c1ccc2c(C3CCCC3)c(Br)n(C)c2c1. The van der Waals surface area contributed by atoms with Crippen LogP contribution in [0.25, 0.3) is 10.9 Å². The van der Waals surface area contributed by atoms with Crippen LogP contribution in [0.3, 0.4) is 0 Å². The van der Waals surface area contributed by atoms with Gasteiger partial charge in [0.25, 0.3) is 0 Å². The number of carbonyl (C=O) groups is 1. The maximum Gasteiger partial charge on any atom is 0.337 e. The molecule has 3 rings (SSSR count). The van der Waals surface area contributed by atoms with Gasteiger partial charge in [0.05, 0.1) is 17.3 Å². The minimum Gasteiger partial charge on any atom is -0.465 e. The number of nitrogens with zero attached hydrogens (tertiary/aromatic N) is 1. The lowest BCUT2D eigenvalue weighted by Gasteiger charge is -2.09. The number of rotatable bonds is 2. The predicted octanol–water partition coefficient (Wildman–Crippen LogP) is 4.39. The van der Waals surface area contributed by atoms with E-state index in [2.05, 4.69) is 26.6 Å². The van der Waals surface area contributed by atoms with Crippen molar-refractivity contribution in [2.24, 2.45) is 7.05 Å². The molecule has 106 valence electrons. The molecular formula is C16H18BrNO2. The van der Waals surface area contributed by atoms with Gasteiger partial charge in [-0.1, -0.05) is 18.9 Å². The van der Waals surface area contributed by atoms with Crippen molar-refractivity contribution in [3.05, 3.63) is 33.9 Å². The highest BCUT2D eigenvalue weighted by molar-refractivity contribution is 9.10. The molecule has 0 aliphatic heterocycles. The first-order chi connectivity index (χ1) is 9.63. The van der Waals surface area contributed by atoms with E-state index in [1.165, 1.54) is 43.7 Å². The van der Waals surface area contributed by atoms with E-state index in [1.54, 1.807) is 0 Å². The molecule has 0 saturated heterocycles. The molecule has 0 N–H and O–H groups in total. The van der Waals surface area contributed by atoms with E-state index in [0.717, 1.165) is 10.1 Å². The number of fused-ring (bicyclic) bond motifs is 1. The molecule has 0 amide bonds. The molecule has 1 aliphatic rings. The van der Waals surface area contributed by atoms with Crippen LogP contribution in [0.4, 0.5) is 0 Å². The minimum absolute atomic E-state index is 0.286. The maximum atomic E-state index is 11.7. The largest absolute Gasteiger partial charge is 0.465 e. The second kappa shape index (κ2) is 5.24. The van der Waals surface area contributed by atoms with Crippen molar-refractivity contribution < 1.29 is 9.53 Å². The van der Waals surface area contributed by atoms with Gasteiger partial charge >= 0.3 is 5.97 Å². The van der Waals surface area contributed by atoms with E-state index in [1.807, 2.05) is 19.2 Å². The van der Waals surface area contributed by atoms with E-state index in [9.17, 15) is 4.79 Å². The summed E-state index contributed by atoms with van der Waals surface area (Å²) < 4.78 is 8.06. The number of aromatic nitrogens is 1. The summed E-state index contributed by atoms with van der Waals surface area (Å²) in [4.78, 5) is 11.7. The lowest BCUT2D eigenvalue weighted by molar-refractivity contribution is 0.0601. The molecule has 0 unspecified atom stereocenters. The van der Waals surface area contributed by atoms with Gasteiger partial charge in [0.1, 0.15) is 0 Å². The molecular weight excluding hydrogens is 318 g/mol. The van der Waals surface area contributed by atoms with Crippen molar-refractivity contribution in [3.8, 4) is 0 Å². The predicted molar refractivity (Wildman–Crippen MR) is 83.2 cm³/mol. The summed E-state index contributed by atoms with van der Waals surface area (Å²) >= 11 is 3.73. The highest BCUT2D eigenvalue weighted by Gasteiger charge is 2.25. The van der Waals surface area contributed by atoms with Crippen LogP contribution in [0.2, 0.25) is 0 Å². The van der Waals surface area contributed by atoms with Gasteiger partial charge in [0.15, 0.2) is 0 Å². The van der Waals surface area contributed by atoms with Gasteiger partial charge in [-0.3, -0.25) is 0 Å². The summed E-state index contributed by atoms with van der Waals surface area (Å²) in [5.41, 5.74) is 3.09. The number of esters is 1. The van der Waals surface area contributed by atoms with Gasteiger partial charge in [0.2, 0.25) is 0 Å². The van der Waals surface area contributed by atoms with E-state index in [0.29, 0.717) is 11.5 Å². The molecule has 1 aliphatic carbocycles. The standard InChI is InChI=1S/C16H18BrNO2/c1-18-13-9-11(16(19)20-2)7-8-12(13)14(15(18)17)10-5-3-4-6-10/h7-10H,3-6H2,1-2H3. The normalized spacial score (nSPS) is 15.9. The first-order valence-electron chi connectivity index (χ1n) is 6.99. The Hall–Kier alpha value is -1.29. The third-order valence-electron chi connectivity index (χ3n) is 4.35. The molecule has 4 heteroatoms. The third-order valence-corrected chi connectivity index (χ3v) is 5.31. The second-order valence-corrected chi connectivity index (χ2v) is 6.22. The Morgan fingerprint density at radius 3 is 2.70 bits per heavy atom. The van der Waals surface area contributed by atoms with Gasteiger partial charge < -0.3 is 9.30 Å². The van der Waals surface area contributed by atoms with Crippen molar-refractivity contribution in [2.45, 2.75) is 31.6 Å². The fourth-order valence-corrected chi connectivity index (χ4v) is 4.01. The van der Waals surface area contributed by atoms with Crippen LogP contribution in [0.15, 0.2) is 22.8 Å². The number of hydrogen-bond donors (Lipinski definition) is 0. The molecule has 20 heavy (non-hydrogen) atoms. The van der Waals surface area contributed by atoms with Gasteiger partial charge in [-0.15, -0.1) is 0 Å². The first-order valence-corrected chi connectivity index (χ1v) is 7.79. The number of hydrogen-bond acceptors (Lipinski definition) is 2. The Labute approximate surface area is 127 Å². The summed E-state index contributed by atoms with van der Waals surface area (Å²) in [6.07, 6.45) is 5.15. The molecule has 0 radical (unpaired) electrons. The Morgan fingerprint density at radius 1 is 1.35 bits per heavy atom. The van der Waals surface area contributed by atoms with Crippen LogP contribution in [0, 0.1) is 0 Å². The van der Waals surface area contributed by atoms with Crippen LogP contribution in [-0.4, -0.2) is 17.6 Å². The summed E-state index contributed by atoms with van der Waals surface area (Å²) in [6.45, 7) is 0. The number of methoxy groups -OCH3 is 1. The van der Waals surface area contributed by atoms with E-state index < -0.39 is 0 Å². The number of aryl methyl sites for hydroxylation is 1. The summed E-state index contributed by atoms with van der Waals surface area (Å²) in [5, 5.41) is 1.25. The zero-order valence-corrected chi connectivity index (χ0v) is 13.4. The van der Waals surface area contributed by atoms with Crippen LogP contribution in [-0.2, 0) is 11.8 Å². The van der Waals surface area contributed by atoms with Crippen molar-refractivity contribution in [2.75, 3.05) is 7.11 Å². The molecule has 1 aromatic carbocycles. The van der Waals surface area contributed by atoms with Gasteiger partial charge in [-0.2, -0.15) is 0 Å². The van der Waals surface area contributed by atoms with Gasteiger partial charge in [-0.25, -0.2) is 4.79 Å². The van der Waals surface area contributed by atoms with Crippen molar-refractivity contribution >= 4 is 32.8 Å². The highest BCUT2D eigenvalue weighted by atomic mass is 79.9. The molecule has 1 saturated carbocycles. The molecule has 1 heterocycles. The van der Waals surface area contributed by atoms with Crippen molar-refractivity contribution in [3.63, 3.8) is 0 Å². The van der Waals surface area contributed by atoms with Crippen LogP contribution >= 0.6 is 15.9 Å². The fourth-order valence-electron chi connectivity index (χ4n) is 3.28. The Bertz CT molecular complexity index is 669. The fraction of sp³-hybridized carbons (Fsp3) is 0.438. The second-order valence-electron chi connectivity index (χ2n) is 5.47. The summed E-state index contributed by atoms with van der Waals surface area (Å²) in [6, 6.07) is 5.84. The topological polar surface area (TPSA) is 31.2 Å². The molecule has 0 spiro atoms. The molecule has 0 bridgehead atoms. The monoisotopic (exact) mass is 335 g/mol. The number of ether oxygens (including phenoxy) is 1. The zero-order valence-electron chi connectivity index (χ0n) is 11.8. The van der Waals surface area contributed by atoms with Gasteiger partial charge in [-0.05, 0) is 52.4 Å². The maximum absolute atomic E-state index is 11.7. The minimum atomic E-state index is -0.286. The lowest BCUT2D eigenvalue weighted by atomic mass is 9.97. The Morgan fingerprint density at radius 2 is 2.05 bits per heavy atom. The molecule has 0 atom stereocenters. The molecule has 1 aromatic heterocycles.